The molecule has 1 fully saturated rings. The van der Waals surface area contributed by atoms with Crippen molar-refractivity contribution < 1.29 is 14.7 Å². The van der Waals surface area contributed by atoms with Gasteiger partial charge < -0.3 is 10.0 Å². The number of carboxylic acid groups (broad SMARTS) is 1. The molecule has 0 radical (unpaired) electrons. The van der Waals surface area contributed by atoms with Gasteiger partial charge in [-0.25, -0.2) is 9.78 Å². The molecule has 1 atom stereocenters. The van der Waals surface area contributed by atoms with Crippen molar-refractivity contribution in [2.45, 2.75) is 11.1 Å². The topological polar surface area (TPSA) is 70.5 Å². The molecule has 96 valence electrons. The number of hydrogen-bond acceptors (Lipinski definition) is 5. The van der Waals surface area contributed by atoms with Gasteiger partial charge in [0.15, 0.2) is 0 Å². The van der Waals surface area contributed by atoms with Crippen LogP contribution < -0.4 is 0 Å². The minimum Gasteiger partial charge on any atom is -0.480 e. The Morgan fingerprint density at radius 1 is 1.61 bits per heavy atom. The van der Waals surface area contributed by atoms with Crippen molar-refractivity contribution in [3.63, 3.8) is 0 Å². The normalized spacial score (nSPS) is 18.9. The zero-order valence-corrected chi connectivity index (χ0v) is 11.3. The van der Waals surface area contributed by atoms with Crippen LogP contribution in [0, 0.1) is 0 Å². The predicted octanol–water partition coefficient (Wildman–Crippen LogP) is 1.40. The maximum Gasteiger partial charge on any atom is 0.327 e. The van der Waals surface area contributed by atoms with E-state index in [1.54, 1.807) is 18.3 Å². The molecule has 0 aromatic carbocycles. The number of nitrogens with zero attached hydrogens (tertiary/aromatic N) is 2. The van der Waals surface area contributed by atoms with E-state index in [1.807, 2.05) is 6.26 Å². The van der Waals surface area contributed by atoms with Crippen LogP contribution in [-0.4, -0.2) is 50.8 Å². The Morgan fingerprint density at radius 3 is 3.06 bits per heavy atom. The molecule has 0 spiro atoms. The monoisotopic (exact) mass is 284 g/mol. The maximum absolute atomic E-state index is 12.3. The van der Waals surface area contributed by atoms with Crippen LogP contribution in [-0.2, 0) is 4.79 Å². The van der Waals surface area contributed by atoms with Crippen molar-refractivity contribution in [3.8, 4) is 0 Å². The molecule has 2 rings (SSSR count). The van der Waals surface area contributed by atoms with Gasteiger partial charge in [0.25, 0.3) is 5.91 Å². The molecule has 5 nitrogen and oxygen atoms in total. The second-order valence-electron chi connectivity index (χ2n) is 3.69. The summed E-state index contributed by atoms with van der Waals surface area (Å²) >= 11 is 2.83. The average molecular weight is 284 g/mol. The van der Waals surface area contributed by atoms with Crippen molar-refractivity contribution in [2.75, 3.05) is 17.9 Å². The van der Waals surface area contributed by atoms with Crippen LogP contribution in [0.25, 0.3) is 0 Å². The second kappa shape index (κ2) is 5.62. The van der Waals surface area contributed by atoms with E-state index in [4.69, 9.17) is 5.11 Å². The van der Waals surface area contributed by atoms with E-state index in [9.17, 15) is 9.59 Å². The molecule has 1 aromatic heterocycles. The molecule has 0 saturated carbocycles. The average Bonchev–Trinajstić information content (AvgIpc) is 2.87. The minimum absolute atomic E-state index is 0.259. The third-order valence-corrected chi connectivity index (χ3v) is 4.35. The Balaban J connectivity index is 2.28. The number of carbonyl (C=O) groups excluding carboxylic acids is 1. The molecule has 1 saturated heterocycles. The molecule has 1 aliphatic rings. The zero-order valence-electron chi connectivity index (χ0n) is 9.70. The van der Waals surface area contributed by atoms with E-state index in [2.05, 4.69) is 4.98 Å². The fourth-order valence-corrected chi connectivity index (χ4v) is 3.40. The standard InChI is InChI=1S/C11H12N2O3S2/c1-17-9-7(3-2-4-12-9)10(14)13-6-18-5-8(13)11(15)16/h2-4,8H,5-6H2,1H3,(H,15,16). The van der Waals surface area contributed by atoms with E-state index in [0.717, 1.165) is 0 Å². The van der Waals surface area contributed by atoms with Gasteiger partial charge in [-0.05, 0) is 18.4 Å². The quantitative estimate of drug-likeness (QED) is 0.846. The van der Waals surface area contributed by atoms with Gasteiger partial charge in [0.2, 0.25) is 0 Å². The summed E-state index contributed by atoms with van der Waals surface area (Å²) < 4.78 is 0. The lowest BCUT2D eigenvalue weighted by atomic mass is 10.2. The van der Waals surface area contributed by atoms with Gasteiger partial charge in [0, 0.05) is 11.9 Å². The lowest BCUT2D eigenvalue weighted by Crippen LogP contribution is -2.42. The molecule has 0 aliphatic carbocycles. The summed E-state index contributed by atoms with van der Waals surface area (Å²) in [5, 5.41) is 9.71. The fourth-order valence-electron chi connectivity index (χ4n) is 1.72. The summed E-state index contributed by atoms with van der Waals surface area (Å²) in [4.78, 5) is 28.9. The minimum atomic E-state index is -0.956. The van der Waals surface area contributed by atoms with Crippen LogP contribution in [0.3, 0.4) is 0 Å². The Hall–Kier alpha value is -1.21. The number of thioether (sulfide) groups is 2. The Kier molecular flexibility index (Phi) is 4.13. The molecule has 7 heteroatoms. The van der Waals surface area contributed by atoms with Crippen LogP contribution in [0.1, 0.15) is 10.4 Å². The van der Waals surface area contributed by atoms with Gasteiger partial charge in [-0.15, -0.1) is 23.5 Å². The van der Waals surface area contributed by atoms with Crippen molar-refractivity contribution in [1.29, 1.82) is 0 Å². The van der Waals surface area contributed by atoms with Gasteiger partial charge in [-0.2, -0.15) is 0 Å². The number of hydrogen-bond donors (Lipinski definition) is 1. The molecule has 1 N–H and O–H groups in total. The highest BCUT2D eigenvalue weighted by Crippen LogP contribution is 2.26. The van der Waals surface area contributed by atoms with E-state index in [1.165, 1.54) is 28.4 Å². The molecule has 18 heavy (non-hydrogen) atoms. The molecule has 1 aromatic rings. The van der Waals surface area contributed by atoms with Gasteiger partial charge in [0.05, 0.1) is 11.4 Å². The highest BCUT2D eigenvalue weighted by atomic mass is 32.2. The summed E-state index contributed by atoms with van der Waals surface area (Å²) in [5.74, 6) is -0.359. The lowest BCUT2D eigenvalue weighted by molar-refractivity contribution is -0.140. The molecule has 1 aliphatic heterocycles. The Labute approximate surface area is 113 Å². The first-order valence-corrected chi connectivity index (χ1v) is 7.63. The van der Waals surface area contributed by atoms with Crippen LogP contribution in [0.4, 0.5) is 0 Å². The first-order chi connectivity index (χ1) is 8.65. The molecule has 1 amide bonds. The fraction of sp³-hybridized carbons (Fsp3) is 0.364. The number of carboxylic acids is 1. The van der Waals surface area contributed by atoms with Crippen molar-refractivity contribution in [1.82, 2.24) is 9.88 Å². The van der Waals surface area contributed by atoms with E-state index >= 15 is 0 Å². The van der Waals surface area contributed by atoms with Crippen LogP contribution in [0.5, 0.6) is 0 Å². The van der Waals surface area contributed by atoms with E-state index in [0.29, 0.717) is 22.2 Å². The van der Waals surface area contributed by atoms with Crippen LogP contribution >= 0.6 is 23.5 Å². The number of amides is 1. The molecule has 0 bridgehead atoms. The second-order valence-corrected chi connectivity index (χ2v) is 5.48. The van der Waals surface area contributed by atoms with Gasteiger partial charge in [-0.3, -0.25) is 4.79 Å². The maximum atomic E-state index is 12.3. The smallest absolute Gasteiger partial charge is 0.327 e. The van der Waals surface area contributed by atoms with Gasteiger partial charge >= 0.3 is 5.97 Å². The van der Waals surface area contributed by atoms with Gasteiger partial charge in [0.1, 0.15) is 11.1 Å². The van der Waals surface area contributed by atoms with Crippen LogP contribution in [0.2, 0.25) is 0 Å². The largest absolute Gasteiger partial charge is 0.480 e. The first-order valence-electron chi connectivity index (χ1n) is 5.25. The lowest BCUT2D eigenvalue weighted by Gasteiger charge is -2.21. The Morgan fingerprint density at radius 2 is 2.39 bits per heavy atom. The number of aliphatic carboxylic acids is 1. The van der Waals surface area contributed by atoms with E-state index < -0.39 is 12.0 Å². The first kappa shape index (κ1) is 13.2. The summed E-state index contributed by atoms with van der Waals surface area (Å²) in [6, 6.07) is 2.63. The highest BCUT2D eigenvalue weighted by Gasteiger charge is 2.35. The van der Waals surface area contributed by atoms with Gasteiger partial charge in [-0.1, -0.05) is 0 Å². The number of aromatic nitrogens is 1. The molecular formula is C11H12N2O3S2. The number of pyridine rings is 1. The number of carbonyl (C=O) groups is 2. The molecule has 2 heterocycles. The third-order valence-electron chi connectivity index (χ3n) is 2.62. The molecular weight excluding hydrogens is 272 g/mol. The molecule has 1 unspecified atom stereocenters. The SMILES string of the molecule is CSc1ncccc1C(=O)N1CSCC1C(=O)O. The summed E-state index contributed by atoms with van der Waals surface area (Å²) in [6.07, 6.45) is 3.46. The summed E-state index contributed by atoms with van der Waals surface area (Å²) in [6.45, 7) is 0. The number of rotatable bonds is 3. The summed E-state index contributed by atoms with van der Waals surface area (Å²) in [7, 11) is 0. The predicted molar refractivity (Wildman–Crippen MR) is 70.9 cm³/mol. The van der Waals surface area contributed by atoms with E-state index in [-0.39, 0.29) is 5.91 Å². The summed E-state index contributed by atoms with van der Waals surface area (Å²) in [5.41, 5.74) is 0.471. The van der Waals surface area contributed by atoms with Crippen molar-refractivity contribution >= 4 is 35.4 Å². The Bertz CT molecular complexity index is 481. The zero-order chi connectivity index (χ0) is 13.1. The van der Waals surface area contributed by atoms with Crippen molar-refractivity contribution in [2.24, 2.45) is 0 Å². The van der Waals surface area contributed by atoms with Crippen LogP contribution in [0.15, 0.2) is 23.4 Å². The van der Waals surface area contributed by atoms with Crippen molar-refractivity contribution in [3.05, 3.63) is 23.9 Å². The third kappa shape index (κ3) is 2.46. The highest BCUT2D eigenvalue weighted by molar-refractivity contribution is 7.99.